The predicted molar refractivity (Wildman–Crippen MR) is 61.6 cm³/mol. The molecule has 84 valence electrons. The van der Waals surface area contributed by atoms with Gasteiger partial charge < -0.3 is 14.2 Å². The second-order valence-corrected chi connectivity index (χ2v) is 4.13. The van der Waals surface area contributed by atoms with Crippen molar-refractivity contribution in [2.24, 2.45) is 0 Å². The van der Waals surface area contributed by atoms with Gasteiger partial charge in [0.25, 0.3) is 0 Å². The Morgan fingerprint density at radius 2 is 2.25 bits per heavy atom. The second kappa shape index (κ2) is 3.79. The lowest BCUT2D eigenvalue weighted by molar-refractivity contribution is 0.0528. The van der Waals surface area contributed by atoms with Crippen LogP contribution in [0.1, 0.15) is 6.92 Å². The molecule has 16 heavy (non-hydrogen) atoms. The Balaban J connectivity index is 1.99. The number of hydrogen-bond donors (Lipinski definition) is 0. The van der Waals surface area contributed by atoms with E-state index in [9.17, 15) is 0 Å². The minimum atomic E-state index is 0.254. The van der Waals surface area contributed by atoms with Crippen molar-refractivity contribution in [3.63, 3.8) is 0 Å². The topological polar surface area (TPSA) is 38.5 Å². The molecular weight excluding hydrogens is 204 g/mol. The first-order chi connectivity index (χ1) is 7.84. The molecule has 1 saturated heterocycles. The average Bonchev–Trinajstić information content (AvgIpc) is 2.72. The fourth-order valence-electron chi connectivity index (χ4n) is 2.11. The standard InChI is InChI=1S/C12H14N2O2/c1-9-8-14(6-7-15-9)12-10-4-2-3-5-11(10)16-13-12/h2-5,9H,6-8H2,1H3. The first kappa shape index (κ1) is 9.66. The molecule has 1 aromatic heterocycles. The van der Waals surface area contributed by atoms with E-state index in [0.29, 0.717) is 0 Å². The Morgan fingerprint density at radius 1 is 1.38 bits per heavy atom. The van der Waals surface area contributed by atoms with Crippen LogP contribution in [0.5, 0.6) is 0 Å². The van der Waals surface area contributed by atoms with Gasteiger partial charge in [0.2, 0.25) is 0 Å². The highest BCUT2D eigenvalue weighted by Crippen LogP contribution is 2.26. The molecule has 1 aromatic carbocycles. The number of para-hydroxylation sites is 1. The molecule has 0 N–H and O–H groups in total. The maximum atomic E-state index is 5.52. The summed E-state index contributed by atoms with van der Waals surface area (Å²) in [6.07, 6.45) is 0.254. The first-order valence-electron chi connectivity index (χ1n) is 5.55. The third-order valence-corrected chi connectivity index (χ3v) is 2.90. The molecule has 0 spiro atoms. The Kier molecular flexibility index (Phi) is 2.29. The summed E-state index contributed by atoms with van der Waals surface area (Å²) in [5.41, 5.74) is 0.844. The van der Waals surface area contributed by atoms with Crippen LogP contribution in [0.15, 0.2) is 28.8 Å². The van der Waals surface area contributed by atoms with E-state index < -0.39 is 0 Å². The molecule has 0 radical (unpaired) electrons. The number of rotatable bonds is 1. The number of hydrogen-bond acceptors (Lipinski definition) is 4. The van der Waals surface area contributed by atoms with Crippen LogP contribution in [-0.2, 0) is 4.74 Å². The van der Waals surface area contributed by atoms with Crippen LogP contribution >= 0.6 is 0 Å². The van der Waals surface area contributed by atoms with E-state index in [4.69, 9.17) is 9.26 Å². The molecular formula is C12H14N2O2. The molecule has 1 aliphatic heterocycles. The quantitative estimate of drug-likeness (QED) is 0.734. The van der Waals surface area contributed by atoms with Crippen molar-refractivity contribution in [1.29, 1.82) is 0 Å². The van der Waals surface area contributed by atoms with Crippen molar-refractivity contribution in [1.82, 2.24) is 5.16 Å². The van der Waals surface area contributed by atoms with Gasteiger partial charge in [-0.1, -0.05) is 17.3 Å². The van der Waals surface area contributed by atoms with Gasteiger partial charge in [0.05, 0.1) is 18.1 Å². The fraction of sp³-hybridized carbons (Fsp3) is 0.417. The average molecular weight is 218 g/mol. The molecule has 0 bridgehead atoms. The number of aromatic nitrogens is 1. The van der Waals surface area contributed by atoms with Gasteiger partial charge in [-0.15, -0.1) is 0 Å². The van der Waals surface area contributed by atoms with Crippen LogP contribution in [0.4, 0.5) is 5.82 Å². The van der Waals surface area contributed by atoms with E-state index >= 15 is 0 Å². The monoisotopic (exact) mass is 218 g/mol. The molecule has 0 amide bonds. The molecule has 3 rings (SSSR count). The maximum Gasteiger partial charge on any atom is 0.180 e. The number of morpholine rings is 1. The fourth-order valence-corrected chi connectivity index (χ4v) is 2.11. The molecule has 1 aliphatic rings. The molecule has 4 heteroatoms. The van der Waals surface area contributed by atoms with Crippen molar-refractivity contribution in [3.05, 3.63) is 24.3 Å². The summed E-state index contributed by atoms with van der Waals surface area (Å²) in [5, 5.41) is 5.23. The third-order valence-electron chi connectivity index (χ3n) is 2.90. The van der Waals surface area contributed by atoms with Gasteiger partial charge in [-0.2, -0.15) is 0 Å². The molecule has 2 aromatic rings. The molecule has 0 saturated carbocycles. The van der Waals surface area contributed by atoms with Crippen molar-refractivity contribution in [3.8, 4) is 0 Å². The Labute approximate surface area is 93.8 Å². The summed E-state index contributed by atoms with van der Waals surface area (Å²) >= 11 is 0. The Hall–Kier alpha value is -1.55. The van der Waals surface area contributed by atoms with Crippen molar-refractivity contribution in [2.45, 2.75) is 13.0 Å². The van der Waals surface area contributed by atoms with E-state index in [0.717, 1.165) is 36.5 Å². The van der Waals surface area contributed by atoms with Crippen molar-refractivity contribution < 1.29 is 9.26 Å². The van der Waals surface area contributed by atoms with Crippen LogP contribution < -0.4 is 4.90 Å². The van der Waals surface area contributed by atoms with Crippen LogP contribution in [0.3, 0.4) is 0 Å². The maximum absolute atomic E-state index is 5.52. The number of ether oxygens (including phenoxy) is 1. The van der Waals surface area contributed by atoms with Crippen molar-refractivity contribution in [2.75, 3.05) is 24.6 Å². The van der Waals surface area contributed by atoms with E-state index in [1.165, 1.54) is 0 Å². The third kappa shape index (κ3) is 1.55. The van der Waals surface area contributed by atoms with E-state index in [1.54, 1.807) is 0 Å². The molecule has 2 heterocycles. The zero-order valence-corrected chi connectivity index (χ0v) is 9.22. The normalized spacial score (nSPS) is 21.6. The van der Waals surface area contributed by atoms with Gasteiger partial charge in [0, 0.05) is 13.1 Å². The summed E-state index contributed by atoms with van der Waals surface area (Å²) in [6.45, 7) is 4.58. The molecule has 1 atom stereocenters. The highest BCUT2D eigenvalue weighted by molar-refractivity contribution is 5.88. The van der Waals surface area contributed by atoms with Gasteiger partial charge in [-0.05, 0) is 19.1 Å². The lowest BCUT2D eigenvalue weighted by Gasteiger charge is -2.30. The number of fused-ring (bicyclic) bond motifs is 1. The predicted octanol–water partition coefficient (Wildman–Crippen LogP) is 2.05. The van der Waals surface area contributed by atoms with Crippen LogP contribution in [0.25, 0.3) is 11.0 Å². The van der Waals surface area contributed by atoms with E-state index in [1.807, 2.05) is 24.3 Å². The number of anilines is 1. The van der Waals surface area contributed by atoms with Crippen LogP contribution in [0.2, 0.25) is 0 Å². The van der Waals surface area contributed by atoms with Gasteiger partial charge in [-0.3, -0.25) is 0 Å². The van der Waals surface area contributed by atoms with Gasteiger partial charge >= 0.3 is 0 Å². The zero-order chi connectivity index (χ0) is 11.0. The van der Waals surface area contributed by atoms with Crippen molar-refractivity contribution >= 4 is 16.8 Å². The highest BCUT2D eigenvalue weighted by atomic mass is 16.5. The van der Waals surface area contributed by atoms with E-state index in [2.05, 4.69) is 17.0 Å². The lowest BCUT2D eigenvalue weighted by atomic mass is 10.2. The smallest absolute Gasteiger partial charge is 0.180 e. The Bertz CT molecular complexity index is 494. The summed E-state index contributed by atoms with van der Waals surface area (Å²) in [7, 11) is 0. The molecule has 1 fully saturated rings. The summed E-state index contributed by atoms with van der Waals surface area (Å²) in [5.74, 6) is 0.936. The number of nitrogens with zero attached hydrogens (tertiary/aromatic N) is 2. The molecule has 1 unspecified atom stereocenters. The largest absolute Gasteiger partial charge is 0.375 e. The van der Waals surface area contributed by atoms with Crippen LogP contribution in [-0.4, -0.2) is 31.0 Å². The molecule has 0 aliphatic carbocycles. The summed E-state index contributed by atoms with van der Waals surface area (Å²) < 4.78 is 10.8. The molecule has 4 nitrogen and oxygen atoms in total. The van der Waals surface area contributed by atoms with Gasteiger partial charge in [0.1, 0.15) is 0 Å². The SMILES string of the molecule is CC1CN(c2noc3ccccc23)CCO1. The van der Waals surface area contributed by atoms with E-state index in [-0.39, 0.29) is 6.10 Å². The minimum absolute atomic E-state index is 0.254. The Morgan fingerprint density at radius 3 is 3.12 bits per heavy atom. The summed E-state index contributed by atoms with van der Waals surface area (Å²) in [6, 6.07) is 7.95. The summed E-state index contributed by atoms with van der Waals surface area (Å²) in [4.78, 5) is 2.22. The first-order valence-corrected chi connectivity index (χ1v) is 5.55. The van der Waals surface area contributed by atoms with Crippen LogP contribution in [0, 0.1) is 0 Å². The highest BCUT2D eigenvalue weighted by Gasteiger charge is 2.21. The second-order valence-electron chi connectivity index (χ2n) is 4.13. The zero-order valence-electron chi connectivity index (χ0n) is 9.22. The lowest BCUT2D eigenvalue weighted by Crippen LogP contribution is -2.41. The minimum Gasteiger partial charge on any atom is -0.375 e. The van der Waals surface area contributed by atoms with Gasteiger partial charge in [-0.25, -0.2) is 0 Å². The number of benzene rings is 1. The van der Waals surface area contributed by atoms with Gasteiger partial charge in [0.15, 0.2) is 11.4 Å².